The van der Waals surface area contributed by atoms with Gasteiger partial charge in [-0.15, -0.1) is 0 Å². The zero-order valence-corrected chi connectivity index (χ0v) is 16.3. The van der Waals surface area contributed by atoms with Gasteiger partial charge in [-0.05, 0) is 24.6 Å². The fourth-order valence-electron chi connectivity index (χ4n) is 3.70. The third-order valence-electron chi connectivity index (χ3n) is 5.24. The van der Waals surface area contributed by atoms with Crippen LogP contribution < -0.4 is 15.5 Å². The van der Waals surface area contributed by atoms with E-state index in [1.54, 1.807) is 42.4 Å². The molecule has 0 aromatic heterocycles. The highest BCUT2D eigenvalue weighted by Gasteiger charge is 2.49. The van der Waals surface area contributed by atoms with Gasteiger partial charge in [-0.1, -0.05) is 48.0 Å². The van der Waals surface area contributed by atoms with Crippen molar-refractivity contribution < 1.29 is 14.4 Å². The third kappa shape index (κ3) is 3.47. The number of imide groups is 1. The maximum atomic E-state index is 13.1. The molecule has 1 saturated heterocycles. The van der Waals surface area contributed by atoms with E-state index in [2.05, 4.69) is 10.6 Å². The van der Waals surface area contributed by atoms with Crippen LogP contribution in [0.3, 0.4) is 0 Å². The first-order chi connectivity index (χ1) is 14.0. The van der Waals surface area contributed by atoms with E-state index in [-0.39, 0.29) is 11.8 Å². The van der Waals surface area contributed by atoms with Gasteiger partial charge < -0.3 is 15.5 Å². The van der Waals surface area contributed by atoms with Crippen molar-refractivity contribution in [3.63, 3.8) is 0 Å². The van der Waals surface area contributed by atoms with Crippen molar-refractivity contribution in [1.29, 1.82) is 0 Å². The molecule has 148 valence electrons. The Morgan fingerprint density at radius 2 is 1.76 bits per heavy atom. The minimum atomic E-state index is -0.682. The molecule has 4 rings (SSSR count). The number of fused-ring (bicyclic) bond motifs is 1. The second kappa shape index (κ2) is 7.43. The van der Waals surface area contributed by atoms with Crippen LogP contribution >= 0.6 is 0 Å². The van der Waals surface area contributed by atoms with Gasteiger partial charge in [0.1, 0.15) is 6.04 Å². The van der Waals surface area contributed by atoms with Crippen molar-refractivity contribution in [2.24, 2.45) is 0 Å². The lowest BCUT2D eigenvalue weighted by Gasteiger charge is -2.37. The van der Waals surface area contributed by atoms with Gasteiger partial charge in [-0.3, -0.25) is 9.59 Å². The van der Waals surface area contributed by atoms with E-state index in [0.717, 1.165) is 16.0 Å². The molecule has 2 N–H and O–H groups in total. The molecule has 29 heavy (non-hydrogen) atoms. The van der Waals surface area contributed by atoms with Crippen LogP contribution in [0.4, 0.5) is 10.5 Å². The molecule has 2 unspecified atom stereocenters. The maximum Gasteiger partial charge on any atom is 0.329 e. The Balaban J connectivity index is 1.50. The van der Waals surface area contributed by atoms with Gasteiger partial charge in [0.2, 0.25) is 0 Å². The lowest BCUT2D eigenvalue weighted by Crippen LogP contribution is -2.65. The Morgan fingerprint density at radius 1 is 1.07 bits per heavy atom. The Hall–Kier alpha value is -3.61. The summed E-state index contributed by atoms with van der Waals surface area (Å²) in [5.74, 6) is -0.656. The molecule has 2 aromatic carbocycles. The standard InChI is InChI=1S/C22H22N4O3/c1-14-8-10-15(11-9-14)12-23-20(27)17-13-25(2)19-18(17)24-22(29)26(21(19)28)16-6-4-3-5-7-16/h3-11,13,18-19H,12H2,1-2H3,(H,23,27)(H,24,29). The van der Waals surface area contributed by atoms with Crippen LogP contribution in [0.25, 0.3) is 0 Å². The first-order valence-corrected chi connectivity index (χ1v) is 9.42. The molecule has 0 saturated carbocycles. The van der Waals surface area contributed by atoms with Crippen molar-refractivity contribution in [2.75, 3.05) is 11.9 Å². The number of likely N-dealkylation sites (N-methyl/N-ethyl adjacent to an activating group) is 1. The number of hydrogen-bond donors (Lipinski definition) is 2. The van der Waals surface area contributed by atoms with Gasteiger partial charge in [0.25, 0.3) is 11.8 Å². The van der Waals surface area contributed by atoms with Gasteiger partial charge >= 0.3 is 6.03 Å². The van der Waals surface area contributed by atoms with Gasteiger partial charge in [0, 0.05) is 19.8 Å². The quantitative estimate of drug-likeness (QED) is 0.836. The van der Waals surface area contributed by atoms with E-state index in [0.29, 0.717) is 17.8 Å². The van der Waals surface area contributed by atoms with Gasteiger partial charge in [0.15, 0.2) is 0 Å². The molecule has 7 heteroatoms. The molecule has 2 heterocycles. The molecule has 2 aliphatic rings. The second-order valence-electron chi connectivity index (χ2n) is 7.30. The van der Waals surface area contributed by atoms with E-state index >= 15 is 0 Å². The monoisotopic (exact) mass is 390 g/mol. The van der Waals surface area contributed by atoms with Crippen LogP contribution in [0.2, 0.25) is 0 Å². The average Bonchev–Trinajstić information content (AvgIpc) is 3.04. The average molecular weight is 390 g/mol. The second-order valence-corrected chi connectivity index (χ2v) is 7.30. The Kier molecular flexibility index (Phi) is 4.80. The van der Waals surface area contributed by atoms with Crippen LogP contribution in [0.5, 0.6) is 0 Å². The number of carbonyl (C=O) groups is 3. The van der Waals surface area contributed by atoms with Crippen molar-refractivity contribution in [2.45, 2.75) is 25.6 Å². The van der Waals surface area contributed by atoms with Crippen LogP contribution in [0.1, 0.15) is 11.1 Å². The summed E-state index contributed by atoms with van der Waals surface area (Å²) in [4.78, 5) is 41.3. The number of para-hydroxylation sites is 1. The number of aryl methyl sites for hydroxylation is 1. The molecule has 2 atom stereocenters. The van der Waals surface area contributed by atoms with Crippen molar-refractivity contribution in [3.8, 4) is 0 Å². The normalized spacial score (nSPS) is 20.8. The van der Waals surface area contributed by atoms with Crippen LogP contribution in [-0.4, -0.2) is 41.9 Å². The largest absolute Gasteiger partial charge is 0.366 e. The highest BCUT2D eigenvalue weighted by molar-refractivity contribution is 6.19. The number of hydrogen-bond acceptors (Lipinski definition) is 4. The van der Waals surface area contributed by atoms with E-state index in [1.807, 2.05) is 37.3 Å². The summed E-state index contributed by atoms with van der Waals surface area (Å²) in [5, 5.41) is 5.70. The fourth-order valence-corrected chi connectivity index (χ4v) is 3.70. The highest BCUT2D eigenvalue weighted by Crippen LogP contribution is 2.29. The molecular formula is C22H22N4O3. The maximum absolute atomic E-state index is 13.1. The number of carbonyl (C=O) groups excluding carboxylic acids is 3. The van der Waals surface area contributed by atoms with Gasteiger partial charge in [-0.2, -0.15) is 0 Å². The lowest BCUT2D eigenvalue weighted by molar-refractivity contribution is -0.122. The van der Waals surface area contributed by atoms with E-state index in [9.17, 15) is 14.4 Å². The molecule has 0 radical (unpaired) electrons. The number of nitrogens with zero attached hydrogens (tertiary/aromatic N) is 2. The molecule has 2 aliphatic heterocycles. The number of rotatable bonds is 4. The number of urea groups is 1. The minimum absolute atomic E-state index is 0.300. The summed E-state index contributed by atoms with van der Waals surface area (Å²) >= 11 is 0. The zero-order valence-electron chi connectivity index (χ0n) is 16.3. The summed E-state index contributed by atoms with van der Waals surface area (Å²) in [6, 6.07) is 14.8. The molecule has 7 nitrogen and oxygen atoms in total. The number of amides is 4. The number of nitrogens with one attached hydrogen (secondary N) is 2. The first kappa shape index (κ1) is 18.7. The summed E-state index contributed by atoms with van der Waals surface area (Å²) in [5.41, 5.74) is 3.00. The predicted octanol–water partition coefficient (Wildman–Crippen LogP) is 1.93. The molecule has 0 aliphatic carbocycles. The van der Waals surface area contributed by atoms with E-state index < -0.39 is 18.1 Å². The van der Waals surface area contributed by atoms with Crippen LogP contribution in [0, 0.1) is 6.92 Å². The van der Waals surface area contributed by atoms with Gasteiger partial charge in [0.05, 0.1) is 17.3 Å². The minimum Gasteiger partial charge on any atom is -0.366 e. The fraction of sp³-hybridized carbons (Fsp3) is 0.227. The lowest BCUT2D eigenvalue weighted by atomic mass is 9.99. The molecular weight excluding hydrogens is 368 g/mol. The summed E-state index contributed by atoms with van der Waals surface area (Å²) in [6.07, 6.45) is 1.63. The predicted molar refractivity (Wildman–Crippen MR) is 109 cm³/mol. The Labute approximate surface area is 169 Å². The summed E-state index contributed by atoms with van der Waals surface area (Å²) in [6.45, 7) is 2.37. The smallest absolute Gasteiger partial charge is 0.329 e. The summed E-state index contributed by atoms with van der Waals surface area (Å²) in [7, 11) is 1.73. The van der Waals surface area contributed by atoms with Crippen LogP contribution in [0.15, 0.2) is 66.4 Å². The first-order valence-electron chi connectivity index (χ1n) is 9.42. The third-order valence-corrected chi connectivity index (χ3v) is 5.24. The molecule has 0 spiro atoms. The van der Waals surface area contributed by atoms with Crippen molar-refractivity contribution in [3.05, 3.63) is 77.5 Å². The Morgan fingerprint density at radius 3 is 2.45 bits per heavy atom. The van der Waals surface area contributed by atoms with Crippen molar-refractivity contribution in [1.82, 2.24) is 15.5 Å². The Bertz CT molecular complexity index is 985. The van der Waals surface area contributed by atoms with Crippen LogP contribution in [-0.2, 0) is 16.1 Å². The highest BCUT2D eigenvalue weighted by atomic mass is 16.2. The number of anilines is 1. The molecule has 0 bridgehead atoms. The number of benzene rings is 2. The van der Waals surface area contributed by atoms with Gasteiger partial charge in [-0.25, -0.2) is 9.69 Å². The van der Waals surface area contributed by atoms with Crippen molar-refractivity contribution >= 4 is 23.5 Å². The topological polar surface area (TPSA) is 81.8 Å². The van der Waals surface area contributed by atoms with E-state index in [1.165, 1.54) is 0 Å². The molecule has 4 amide bonds. The van der Waals surface area contributed by atoms with E-state index in [4.69, 9.17) is 0 Å². The SMILES string of the molecule is Cc1ccc(CNC(=O)C2=CN(C)C3C(=O)N(c4ccccc4)C(=O)NC23)cc1. The molecule has 2 aromatic rings. The molecule has 1 fully saturated rings. The zero-order chi connectivity index (χ0) is 20.5. The summed E-state index contributed by atoms with van der Waals surface area (Å²) < 4.78 is 0.